The molecule has 2 N–H and O–H groups in total. The van der Waals surface area contributed by atoms with E-state index in [0.717, 1.165) is 29.6 Å². The van der Waals surface area contributed by atoms with E-state index in [1.54, 1.807) is 0 Å². The summed E-state index contributed by atoms with van der Waals surface area (Å²) in [5.74, 6) is 2.32. The molecule has 2 aliphatic rings. The van der Waals surface area contributed by atoms with Crippen molar-refractivity contribution in [1.29, 1.82) is 0 Å². The lowest BCUT2D eigenvalue weighted by Crippen LogP contribution is -2.52. The lowest BCUT2D eigenvalue weighted by molar-refractivity contribution is -0.134. The maximum atomic E-state index is 13.5. The van der Waals surface area contributed by atoms with Gasteiger partial charge in [-0.15, -0.1) is 5.10 Å². The zero-order valence-electron chi connectivity index (χ0n) is 19.5. The Morgan fingerprint density at radius 2 is 1.82 bits per heavy atom. The van der Waals surface area contributed by atoms with E-state index in [4.69, 9.17) is 10.1 Å². The van der Waals surface area contributed by atoms with Crippen LogP contribution in [0.25, 0.3) is 5.52 Å². The lowest BCUT2D eigenvalue weighted by atomic mass is 9.93. The number of aromatic amines is 1. The molecular weight excluding hydrogens is 428 g/mol. The van der Waals surface area contributed by atoms with Crippen LogP contribution in [0.4, 0.5) is 17.6 Å². The van der Waals surface area contributed by atoms with Gasteiger partial charge in [0.15, 0.2) is 11.6 Å². The van der Waals surface area contributed by atoms with Crippen molar-refractivity contribution in [3.63, 3.8) is 0 Å². The topological polar surface area (TPSA) is 94.5 Å². The smallest absolute Gasteiger partial charge is 0.245 e. The van der Waals surface area contributed by atoms with Gasteiger partial charge in [0.1, 0.15) is 5.52 Å². The Morgan fingerprint density at radius 3 is 2.50 bits per heavy atom. The van der Waals surface area contributed by atoms with Crippen LogP contribution >= 0.6 is 0 Å². The summed E-state index contributed by atoms with van der Waals surface area (Å²) >= 11 is 0. The Bertz CT molecular complexity index is 1340. The van der Waals surface area contributed by atoms with Crippen molar-refractivity contribution in [3.8, 4) is 0 Å². The van der Waals surface area contributed by atoms with Gasteiger partial charge in [0.25, 0.3) is 0 Å². The molecule has 0 bridgehead atoms. The number of piperazine rings is 1. The summed E-state index contributed by atoms with van der Waals surface area (Å²) in [7, 11) is 0. The summed E-state index contributed by atoms with van der Waals surface area (Å²) in [6, 6.07) is 14.3. The molecule has 3 aromatic heterocycles. The van der Waals surface area contributed by atoms with Crippen LogP contribution in [0.5, 0.6) is 0 Å². The van der Waals surface area contributed by atoms with Crippen LogP contribution in [0.3, 0.4) is 0 Å². The number of nitrogens with one attached hydrogen (secondary N) is 2. The Kier molecular flexibility index (Phi) is 4.79. The number of H-pyrrole nitrogens is 1. The normalized spacial score (nSPS) is 17.2. The van der Waals surface area contributed by atoms with Crippen LogP contribution in [0.15, 0.2) is 48.7 Å². The average Bonchev–Trinajstić information content (AvgIpc) is 3.33. The van der Waals surface area contributed by atoms with E-state index in [0.29, 0.717) is 43.8 Å². The fraction of sp³-hybridized carbons (Fsp3) is 0.360. The SMILES string of the molecule is Cc1ccc(C2(C(=O)N3CCN(c4nc(Nc5cc(C)[nH]n5)c5cccn5n4)CC3)CC2)cc1. The van der Waals surface area contributed by atoms with E-state index in [9.17, 15) is 4.79 Å². The number of carbonyl (C=O) groups excluding carboxylic acids is 1. The van der Waals surface area contributed by atoms with E-state index < -0.39 is 0 Å². The van der Waals surface area contributed by atoms with Crippen LogP contribution in [0.1, 0.15) is 29.7 Å². The fourth-order valence-electron chi connectivity index (χ4n) is 4.79. The van der Waals surface area contributed by atoms with Crippen molar-refractivity contribution >= 4 is 29.0 Å². The predicted octanol–water partition coefficient (Wildman–Crippen LogP) is 3.19. The Labute approximate surface area is 197 Å². The first-order valence-corrected chi connectivity index (χ1v) is 11.8. The third-order valence-electron chi connectivity index (χ3n) is 6.95. The number of nitrogens with zero attached hydrogens (tertiary/aromatic N) is 6. The number of carbonyl (C=O) groups is 1. The standard InChI is InChI=1S/C25H28N8O/c1-17-5-7-19(8-6-17)25(9-10-25)23(34)31-12-14-32(15-13-31)24-27-22(20-4-3-11-33(20)30-24)26-21-16-18(2)28-29-21/h3-8,11,16H,9-10,12-15H2,1-2H3,(H2,26,27,28,29,30). The quantitative estimate of drug-likeness (QED) is 0.479. The van der Waals surface area contributed by atoms with Gasteiger partial charge in [-0.2, -0.15) is 10.1 Å². The average molecular weight is 457 g/mol. The van der Waals surface area contributed by atoms with Crippen LogP contribution in [0, 0.1) is 13.8 Å². The minimum Gasteiger partial charge on any atom is -0.338 e. The molecule has 2 fully saturated rings. The first-order valence-electron chi connectivity index (χ1n) is 11.8. The summed E-state index contributed by atoms with van der Waals surface area (Å²) in [5.41, 5.74) is 3.90. The lowest BCUT2D eigenvalue weighted by Gasteiger charge is -2.36. The fourth-order valence-corrected chi connectivity index (χ4v) is 4.79. The third kappa shape index (κ3) is 3.57. The highest BCUT2D eigenvalue weighted by molar-refractivity contribution is 5.91. The number of hydrogen-bond donors (Lipinski definition) is 2. The van der Waals surface area contributed by atoms with Gasteiger partial charge in [-0.05, 0) is 44.4 Å². The summed E-state index contributed by atoms with van der Waals surface area (Å²) in [5, 5.41) is 15.2. The van der Waals surface area contributed by atoms with Crippen LogP contribution in [-0.4, -0.2) is 61.8 Å². The molecule has 1 aliphatic carbocycles. The molecule has 1 amide bonds. The Balaban J connectivity index is 1.19. The zero-order chi connectivity index (χ0) is 23.3. The molecule has 174 valence electrons. The molecule has 0 radical (unpaired) electrons. The second kappa shape index (κ2) is 7.86. The number of amides is 1. The third-order valence-corrected chi connectivity index (χ3v) is 6.95. The van der Waals surface area contributed by atoms with Gasteiger partial charge >= 0.3 is 0 Å². The highest BCUT2D eigenvalue weighted by atomic mass is 16.2. The second-order valence-corrected chi connectivity index (χ2v) is 9.39. The molecule has 4 heterocycles. The Hall–Kier alpha value is -3.88. The number of fused-ring (bicyclic) bond motifs is 1. The molecule has 0 spiro atoms. The minimum absolute atomic E-state index is 0.258. The molecule has 1 aliphatic heterocycles. The molecular formula is C25H28N8O. The Morgan fingerprint density at radius 1 is 1.06 bits per heavy atom. The summed E-state index contributed by atoms with van der Waals surface area (Å²) < 4.78 is 1.83. The van der Waals surface area contributed by atoms with Gasteiger partial charge in [-0.3, -0.25) is 9.89 Å². The van der Waals surface area contributed by atoms with E-state index in [1.165, 1.54) is 5.56 Å². The maximum absolute atomic E-state index is 13.5. The maximum Gasteiger partial charge on any atom is 0.245 e. The first kappa shape index (κ1) is 20.7. The van der Waals surface area contributed by atoms with Crippen molar-refractivity contribution in [3.05, 3.63) is 65.5 Å². The minimum atomic E-state index is -0.324. The van der Waals surface area contributed by atoms with Gasteiger partial charge in [0.2, 0.25) is 11.9 Å². The van der Waals surface area contributed by atoms with Crippen LogP contribution in [0.2, 0.25) is 0 Å². The van der Waals surface area contributed by atoms with Crippen molar-refractivity contribution in [2.75, 3.05) is 36.4 Å². The highest BCUT2D eigenvalue weighted by Crippen LogP contribution is 2.49. The largest absolute Gasteiger partial charge is 0.338 e. The molecule has 9 nitrogen and oxygen atoms in total. The number of hydrogen-bond acceptors (Lipinski definition) is 6. The first-order chi connectivity index (χ1) is 16.5. The zero-order valence-corrected chi connectivity index (χ0v) is 19.5. The number of aromatic nitrogens is 5. The molecule has 1 saturated carbocycles. The number of aryl methyl sites for hydroxylation is 2. The summed E-state index contributed by atoms with van der Waals surface area (Å²) in [6.45, 7) is 6.77. The molecule has 1 saturated heterocycles. The number of benzene rings is 1. The predicted molar refractivity (Wildman–Crippen MR) is 130 cm³/mol. The van der Waals surface area contributed by atoms with Crippen molar-refractivity contribution in [2.24, 2.45) is 0 Å². The summed E-state index contributed by atoms with van der Waals surface area (Å²) in [6.07, 6.45) is 3.79. The summed E-state index contributed by atoms with van der Waals surface area (Å²) in [4.78, 5) is 22.4. The molecule has 9 heteroatoms. The van der Waals surface area contributed by atoms with Gasteiger partial charge in [0.05, 0.1) is 5.41 Å². The second-order valence-electron chi connectivity index (χ2n) is 9.39. The molecule has 0 atom stereocenters. The van der Waals surface area contributed by atoms with E-state index in [-0.39, 0.29) is 11.3 Å². The number of rotatable bonds is 5. The van der Waals surface area contributed by atoms with Crippen molar-refractivity contribution in [1.82, 2.24) is 29.7 Å². The van der Waals surface area contributed by atoms with E-state index in [2.05, 4.69) is 51.6 Å². The van der Waals surface area contributed by atoms with Crippen molar-refractivity contribution < 1.29 is 4.79 Å². The monoisotopic (exact) mass is 456 g/mol. The van der Waals surface area contributed by atoms with Crippen LogP contribution in [-0.2, 0) is 10.2 Å². The molecule has 6 rings (SSSR count). The van der Waals surface area contributed by atoms with Gasteiger partial charge in [-0.1, -0.05) is 29.8 Å². The van der Waals surface area contributed by atoms with Gasteiger partial charge in [0, 0.05) is 44.1 Å². The van der Waals surface area contributed by atoms with E-state index in [1.807, 2.05) is 40.7 Å². The number of anilines is 3. The highest BCUT2D eigenvalue weighted by Gasteiger charge is 2.53. The van der Waals surface area contributed by atoms with Gasteiger partial charge in [-0.25, -0.2) is 4.52 Å². The molecule has 4 aromatic rings. The molecule has 34 heavy (non-hydrogen) atoms. The van der Waals surface area contributed by atoms with Crippen molar-refractivity contribution in [2.45, 2.75) is 32.1 Å². The van der Waals surface area contributed by atoms with E-state index >= 15 is 0 Å². The van der Waals surface area contributed by atoms with Crippen LogP contribution < -0.4 is 10.2 Å². The molecule has 0 unspecified atom stereocenters. The van der Waals surface area contributed by atoms with Gasteiger partial charge < -0.3 is 15.1 Å². The molecule has 1 aromatic carbocycles.